The first-order valence-electron chi connectivity index (χ1n) is 6.52. The number of nitrogens with one attached hydrogen (secondary N) is 1. The van der Waals surface area contributed by atoms with E-state index in [4.69, 9.17) is 4.52 Å². The predicted molar refractivity (Wildman–Crippen MR) is 77.0 cm³/mol. The van der Waals surface area contributed by atoms with Gasteiger partial charge < -0.3 is 9.84 Å². The van der Waals surface area contributed by atoms with Crippen LogP contribution in [-0.4, -0.2) is 20.8 Å². The zero-order valence-corrected chi connectivity index (χ0v) is 11.5. The standard InChI is InChI=1S/C15H14N4O2/c1-11-7-14(18-21-11)17-15(20)13-8-16-19(10-13)9-12-5-3-2-4-6-12/h2-8,10H,9H2,1H3,(H,17,18,20). The maximum Gasteiger partial charge on any atom is 0.260 e. The van der Waals surface area contributed by atoms with E-state index in [0.29, 0.717) is 23.7 Å². The molecule has 3 aromatic rings. The van der Waals surface area contributed by atoms with Crippen LogP contribution in [-0.2, 0) is 6.54 Å². The number of amides is 1. The summed E-state index contributed by atoms with van der Waals surface area (Å²) in [6.45, 7) is 2.39. The highest BCUT2D eigenvalue weighted by molar-refractivity contribution is 6.03. The Bertz CT molecular complexity index is 746. The van der Waals surface area contributed by atoms with Gasteiger partial charge in [0, 0.05) is 12.3 Å². The van der Waals surface area contributed by atoms with Crippen molar-refractivity contribution in [3.8, 4) is 0 Å². The Kier molecular flexibility index (Phi) is 3.51. The van der Waals surface area contributed by atoms with Crippen LogP contribution in [0.4, 0.5) is 5.82 Å². The van der Waals surface area contributed by atoms with Crippen molar-refractivity contribution in [1.82, 2.24) is 14.9 Å². The number of nitrogens with zero attached hydrogens (tertiary/aromatic N) is 3. The van der Waals surface area contributed by atoms with Crippen molar-refractivity contribution in [3.05, 3.63) is 65.7 Å². The average Bonchev–Trinajstić information content (AvgIpc) is 3.09. The van der Waals surface area contributed by atoms with E-state index in [1.165, 1.54) is 6.20 Å². The Morgan fingerprint density at radius 2 is 2.14 bits per heavy atom. The topological polar surface area (TPSA) is 73.0 Å². The first-order valence-corrected chi connectivity index (χ1v) is 6.52. The average molecular weight is 282 g/mol. The molecule has 0 spiro atoms. The summed E-state index contributed by atoms with van der Waals surface area (Å²) in [5.41, 5.74) is 1.60. The van der Waals surface area contributed by atoms with Crippen LogP contribution in [0, 0.1) is 6.92 Å². The Labute approximate surface area is 121 Å². The lowest BCUT2D eigenvalue weighted by atomic mass is 10.2. The van der Waals surface area contributed by atoms with E-state index in [-0.39, 0.29) is 5.91 Å². The molecular formula is C15H14N4O2. The summed E-state index contributed by atoms with van der Waals surface area (Å²) in [7, 11) is 0. The van der Waals surface area contributed by atoms with Gasteiger partial charge in [-0.3, -0.25) is 9.48 Å². The molecule has 0 aliphatic carbocycles. The Morgan fingerprint density at radius 1 is 1.33 bits per heavy atom. The minimum absolute atomic E-state index is 0.261. The third kappa shape index (κ3) is 3.17. The monoisotopic (exact) mass is 282 g/mol. The molecule has 0 fully saturated rings. The van der Waals surface area contributed by atoms with Gasteiger partial charge in [-0.15, -0.1) is 0 Å². The van der Waals surface area contributed by atoms with Gasteiger partial charge in [0.05, 0.1) is 18.3 Å². The molecule has 21 heavy (non-hydrogen) atoms. The van der Waals surface area contributed by atoms with Gasteiger partial charge >= 0.3 is 0 Å². The number of rotatable bonds is 4. The first-order chi connectivity index (χ1) is 10.2. The number of benzene rings is 1. The summed E-state index contributed by atoms with van der Waals surface area (Å²) in [6.07, 6.45) is 3.24. The molecular weight excluding hydrogens is 268 g/mol. The molecule has 2 aromatic heterocycles. The molecule has 0 radical (unpaired) electrons. The number of carbonyl (C=O) groups excluding carboxylic acids is 1. The van der Waals surface area contributed by atoms with E-state index in [2.05, 4.69) is 15.6 Å². The fourth-order valence-electron chi connectivity index (χ4n) is 1.95. The quantitative estimate of drug-likeness (QED) is 0.798. The summed E-state index contributed by atoms with van der Waals surface area (Å²) < 4.78 is 6.62. The molecule has 0 aliphatic rings. The molecule has 0 atom stereocenters. The van der Waals surface area contributed by atoms with Crippen molar-refractivity contribution >= 4 is 11.7 Å². The van der Waals surface area contributed by atoms with Gasteiger partial charge in [-0.1, -0.05) is 35.5 Å². The molecule has 6 nitrogen and oxygen atoms in total. The minimum atomic E-state index is -0.261. The van der Waals surface area contributed by atoms with Crippen LogP contribution in [0.1, 0.15) is 21.7 Å². The molecule has 3 rings (SSSR count). The normalized spacial score (nSPS) is 10.5. The zero-order chi connectivity index (χ0) is 14.7. The van der Waals surface area contributed by atoms with Crippen LogP contribution in [0.5, 0.6) is 0 Å². The molecule has 0 unspecified atom stereocenters. The van der Waals surface area contributed by atoms with Crippen molar-refractivity contribution in [2.45, 2.75) is 13.5 Å². The van der Waals surface area contributed by atoms with Gasteiger partial charge in [0.15, 0.2) is 5.82 Å². The Hall–Kier alpha value is -2.89. The molecule has 1 N–H and O–H groups in total. The molecule has 106 valence electrons. The predicted octanol–water partition coefficient (Wildman–Crippen LogP) is 2.48. The second-order valence-corrected chi connectivity index (χ2v) is 4.69. The van der Waals surface area contributed by atoms with Crippen LogP contribution in [0.25, 0.3) is 0 Å². The van der Waals surface area contributed by atoms with Crippen LogP contribution in [0.15, 0.2) is 53.3 Å². The number of anilines is 1. The lowest BCUT2D eigenvalue weighted by Gasteiger charge is -2.00. The molecule has 0 saturated carbocycles. The molecule has 0 saturated heterocycles. The van der Waals surface area contributed by atoms with Gasteiger partial charge in [0.25, 0.3) is 5.91 Å². The fraction of sp³-hybridized carbons (Fsp3) is 0.133. The van der Waals surface area contributed by atoms with Crippen LogP contribution < -0.4 is 5.32 Å². The fourth-order valence-corrected chi connectivity index (χ4v) is 1.95. The number of aryl methyl sites for hydroxylation is 1. The molecule has 2 heterocycles. The Balaban J connectivity index is 1.68. The van der Waals surface area contributed by atoms with E-state index in [1.54, 1.807) is 23.9 Å². The molecule has 6 heteroatoms. The number of aromatic nitrogens is 3. The van der Waals surface area contributed by atoms with Crippen molar-refractivity contribution in [2.75, 3.05) is 5.32 Å². The van der Waals surface area contributed by atoms with Gasteiger partial charge in [-0.25, -0.2) is 0 Å². The second kappa shape index (κ2) is 5.62. The maximum atomic E-state index is 12.0. The summed E-state index contributed by atoms with van der Waals surface area (Å²) in [4.78, 5) is 12.0. The largest absolute Gasteiger partial charge is 0.360 e. The van der Waals surface area contributed by atoms with E-state index in [1.807, 2.05) is 30.3 Å². The van der Waals surface area contributed by atoms with Gasteiger partial charge in [0.2, 0.25) is 0 Å². The van der Waals surface area contributed by atoms with Gasteiger partial charge in [-0.05, 0) is 12.5 Å². The number of carbonyl (C=O) groups is 1. The lowest BCUT2D eigenvalue weighted by Crippen LogP contribution is -2.11. The third-order valence-corrected chi connectivity index (χ3v) is 2.95. The SMILES string of the molecule is Cc1cc(NC(=O)c2cnn(Cc3ccccc3)c2)no1. The summed E-state index contributed by atoms with van der Waals surface area (Å²) in [5, 5.41) is 10.6. The zero-order valence-electron chi connectivity index (χ0n) is 11.5. The van der Waals surface area contributed by atoms with Crippen LogP contribution in [0.3, 0.4) is 0 Å². The molecule has 1 aromatic carbocycles. The van der Waals surface area contributed by atoms with Crippen LogP contribution in [0.2, 0.25) is 0 Å². The third-order valence-electron chi connectivity index (χ3n) is 2.95. The van der Waals surface area contributed by atoms with Crippen molar-refractivity contribution in [2.24, 2.45) is 0 Å². The van der Waals surface area contributed by atoms with Crippen molar-refractivity contribution < 1.29 is 9.32 Å². The van der Waals surface area contributed by atoms with E-state index in [0.717, 1.165) is 5.56 Å². The lowest BCUT2D eigenvalue weighted by molar-refractivity contribution is 0.102. The van der Waals surface area contributed by atoms with Gasteiger partial charge in [0.1, 0.15) is 5.76 Å². The van der Waals surface area contributed by atoms with Crippen LogP contribution >= 0.6 is 0 Å². The summed E-state index contributed by atoms with van der Waals surface area (Å²) in [5.74, 6) is 0.779. The second-order valence-electron chi connectivity index (χ2n) is 4.69. The number of hydrogen-bond acceptors (Lipinski definition) is 4. The van der Waals surface area contributed by atoms with E-state index >= 15 is 0 Å². The highest BCUT2D eigenvalue weighted by atomic mass is 16.5. The van der Waals surface area contributed by atoms with E-state index < -0.39 is 0 Å². The Morgan fingerprint density at radius 3 is 2.86 bits per heavy atom. The van der Waals surface area contributed by atoms with Crippen molar-refractivity contribution in [1.29, 1.82) is 0 Å². The molecule has 0 aliphatic heterocycles. The number of hydrogen-bond donors (Lipinski definition) is 1. The summed E-state index contributed by atoms with van der Waals surface area (Å²) >= 11 is 0. The molecule has 1 amide bonds. The summed E-state index contributed by atoms with van der Waals surface area (Å²) in [6, 6.07) is 11.6. The van der Waals surface area contributed by atoms with Gasteiger partial charge in [-0.2, -0.15) is 5.10 Å². The highest BCUT2D eigenvalue weighted by Crippen LogP contribution is 2.10. The minimum Gasteiger partial charge on any atom is -0.360 e. The molecule has 0 bridgehead atoms. The van der Waals surface area contributed by atoms with Crippen molar-refractivity contribution in [3.63, 3.8) is 0 Å². The first kappa shape index (κ1) is 13.1. The highest BCUT2D eigenvalue weighted by Gasteiger charge is 2.11. The smallest absolute Gasteiger partial charge is 0.260 e. The van der Waals surface area contributed by atoms with E-state index in [9.17, 15) is 4.79 Å². The maximum absolute atomic E-state index is 12.0.